The molecule has 140 valence electrons. The lowest BCUT2D eigenvalue weighted by atomic mass is 10.2. The van der Waals surface area contributed by atoms with E-state index in [0.717, 1.165) is 11.1 Å². The molecule has 0 aliphatic carbocycles. The molecular weight excluding hydrogens is 387 g/mol. The fourth-order valence-corrected chi connectivity index (χ4v) is 2.56. The molecule has 0 bridgehead atoms. The fraction of sp³-hybridized carbons (Fsp3) is 0.143. The highest BCUT2D eigenvalue weighted by molar-refractivity contribution is 6.33. The van der Waals surface area contributed by atoms with Gasteiger partial charge in [0.05, 0.1) is 12.5 Å². The van der Waals surface area contributed by atoms with Gasteiger partial charge >= 0.3 is 11.9 Å². The summed E-state index contributed by atoms with van der Waals surface area (Å²) in [5.41, 5.74) is 1.75. The van der Waals surface area contributed by atoms with Crippen LogP contribution >= 0.6 is 23.2 Å². The van der Waals surface area contributed by atoms with Gasteiger partial charge in [0, 0.05) is 6.42 Å². The van der Waals surface area contributed by atoms with Crippen molar-refractivity contribution >= 4 is 47.3 Å². The molecule has 27 heavy (non-hydrogen) atoms. The molecule has 6 heteroatoms. The van der Waals surface area contributed by atoms with Crippen LogP contribution in [0.25, 0.3) is 12.2 Å². The maximum absolute atomic E-state index is 11.9. The zero-order valence-corrected chi connectivity index (χ0v) is 15.8. The molecule has 2 atom stereocenters. The minimum Gasteiger partial charge on any atom is -0.433 e. The van der Waals surface area contributed by atoms with Crippen molar-refractivity contribution in [3.8, 4) is 0 Å². The normalized spacial score (nSPS) is 13.4. The highest BCUT2D eigenvalue weighted by Gasteiger charge is 2.26. The van der Waals surface area contributed by atoms with E-state index in [0.29, 0.717) is 0 Å². The van der Waals surface area contributed by atoms with Gasteiger partial charge in [-0.1, -0.05) is 60.7 Å². The Hall–Kier alpha value is -2.56. The zero-order chi connectivity index (χ0) is 19.5. The molecule has 0 saturated carbocycles. The van der Waals surface area contributed by atoms with E-state index in [4.69, 9.17) is 32.7 Å². The second-order valence-corrected chi connectivity index (χ2v) is 6.53. The van der Waals surface area contributed by atoms with Gasteiger partial charge in [-0.15, -0.1) is 23.2 Å². The van der Waals surface area contributed by atoms with E-state index in [-0.39, 0.29) is 6.42 Å². The van der Waals surface area contributed by atoms with Crippen molar-refractivity contribution in [1.82, 2.24) is 0 Å². The number of carbonyl (C=O) groups is 2. The molecule has 0 heterocycles. The van der Waals surface area contributed by atoms with E-state index in [1.807, 2.05) is 60.7 Å². The van der Waals surface area contributed by atoms with Crippen LogP contribution in [0.1, 0.15) is 17.5 Å². The standard InChI is InChI=1S/C21H18Cl2O4/c22-18(20(24)26-13-11-16-7-3-1-4-8-16)15-19(23)21(25)27-14-12-17-9-5-2-6-10-17/h1-14,18-19H,15H2. The molecule has 0 amide bonds. The maximum atomic E-state index is 11.9. The Morgan fingerprint density at radius 3 is 1.48 bits per heavy atom. The number of ether oxygens (including phenoxy) is 2. The van der Waals surface area contributed by atoms with Crippen LogP contribution in [-0.4, -0.2) is 22.7 Å². The molecule has 0 fully saturated rings. The Bertz CT molecular complexity index is 721. The lowest BCUT2D eigenvalue weighted by molar-refractivity contribution is -0.139. The van der Waals surface area contributed by atoms with E-state index in [2.05, 4.69) is 0 Å². The van der Waals surface area contributed by atoms with Gasteiger partial charge in [-0.2, -0.15) is 0 Å². The van der Waals surface area contributed by atoms with Crippen molar-refractivity contribution in [2.45, 2.75) is 17.2 Å². The summed E-state index contributed by atoms with van der Waals surface area (Å²) in [5.74, 6) is -1.38. The molecule has 0 N–H and O–H groups in total. The van der Waals surface area contributed by atoms with Crippen LogP contribution in [0.2, 0.25) is 0 Å². The van der Waals surface area contributed by atoms with Crippen molar-refractivity contribution < 1.29 is 19.1 Å². The predicted molar refractivity (Wildman–Crippen MR) is 107 cm³/mol. The summed E-state index contributed by atoms with van der Waals surface area (Å²) >= 11 is 11.9. The van der Waals surface area contributed by atoms with Gasteiger partial charge in [0.25, 0.3) is 0 Å². The molecule has 0 aliphatic rings. The number of esters is 2. The largest absolute Gasteiger partial charge is 0.433 e. The van der Waals surface area contributed by atoms with Crippen LogP contribution in [0.3, 0.4) is 0 Å². The highest BCUT2D eigenvalue weighted by Crippen LogP contribution is 2.15. The van der Waals surface area contributed by atoms with Gasteiger partial charge in [-0.25, -0.2) is 0 Å². The van der Waals surface area contributed by atoms with Crippen molar-refractivity contribution in [3.05, 3.63) is 84.3 Å². The third-order valence-corrected chi connectivity index (χ3v) is 4.13. The van der Waals surface area contributed by atoms with Crippen LogP contribution < -0.4 is 0 Å². The van der Waals surface area contributed by atoms with Gasteiger partial charge in [0.15, 0.2) is 0 Å². The lowest BCUT2D eigenvalue weighted by Gasteiger charge is -2.10. The summed E-state index contributed by atoms with van der Waals surface area (Å²) in [6, 6.07) is 18.6. The van der Waals surface area contributed by atoms with Crippen LogP contribution in [0.5, 0.6) is 0 Å². The van der Waals surface area contributed by atoms with Crippen LogP contribution in [0.4, 0.5) is 0 Å². The van der Waals surface area contributed by atoms with Gasteiger partial charge < -0.3 is 9.47 Å². The zero-order valence-electron chi connectivity index (χ0n) is 14.3. The van der Waals surface area contributed by atoms with E-state index in [1.165, 1.54) is 12.5 Å². The van der Waals surface area contributed by atoms with Gasteiger partial charge in [-0.05, 0) is 23.3 Å². The van der Waals surface area contributed by atoms with Crippen molar-refractivity contribution in [2.75, 3.05) is 0 Å². The molecule has 2 rings (SSSR count). The maximum Gasteiger partial charge on any atom is 0.328 e. The van der Waals surface area contributed by atoms with Crippen LogP contribution in [-0.2, 0) is 19.1 Å². The van der Waals surface area contributed by atoms with Gasteiger partial charge in [0.2, 0.25) is 0 Å². The number of rotatable bonds is 8. The third kappa shape index (κ3) is 7.69. The Balaban J connectivity index is 1.75. The molecule has 0 radical (unpaired) electrons. The number of alkyl halides is 2. The minimum absolute atomic E-state index is 0.112. The smallest absolute Gasteiger partial charge is 0.328 e. The predicted octanol–water partition coefficient (Wildman–Crippen LogP) is 5.02. The Kier molecular flexibility index (Phi) is 8.62. The topological polar surface area (TPSA) is 52.6 Å². The van der Waals surface area contributed by atoms with Crippen molar-refractivity contribution in [2.24, 2.45) is 0 Å². The second-order valence-electron chi connectivity index (χ2n) is 5.47. The lowest BCUT2D eigenvalue weighted by Crippen LogP contribution is -2.25. The van der Waals surface area contributed by atoms with Gasteiger partial charge in [-0.3, -0.25) is 9.59 Å². The molecule has 4 nitrogen and oxygen atoms in total. The highest BCUT2D eigenvalue weighted by atomic mass is 35.5. The van der Waals surface area contributed by atoms with Crippen molar-refractivity contribution in [3.63, 3.8) is 0 Å². The number of hydrogen-bond acceptors (Lipinski definition) is 4. The number of benzene rings is 2. The first-order chi connectivity index (χ1) is 13.1. The first kappa shape index (κ1) is 20.7. The number of carbonyl (C=O) groups excluding carboxylic acids is 2. The molecule has 0 saturated heterocycles. The molecule has 0 aliphatic heterocycles. The third-order valence-electron chi connectivity index (χ3n) is 3.41. The average molecular weight is 405 g/mol. The quantitative estimate of drug-likeness (QED) is 0.352. The Morgan fingerprint density at radius 1 is 0.741 bits per heavy atom. The number of halogens is 2. The van der Waals surface area contributed by atoms with E-state index in [1.54, 1.807) is 12.2 Å². The summed E-state index contributed by atoms with van der Waals surface area (Å²) < 4.78 is 9.90. The van der Waals surface area contributed by atoms with Gasteiger partial charge in [0.1, 0.15) is 10.8 Å². The molecule has 0 spiro atoms. The minimum atomic E-state index is -1.07. The van der Waals surface area contributed by atoms with Crippen molar-refractivity contribution in [1.29, 1.82) is 0 Å². The molecule has 2 aromatic carbocycles. The fourth-order valence-electron chi connectivity index (χ4n) is 2.01. The van der Waals surface area contributed by atoms with Crippen LogP contribution in [0, 0.1) is 0 Å². The second kappa shape index (κ2) is 11.2. The molecule has 2 unspecified atom stereocenters. The SMILES string of the molecule is O=C(OC=Cc1ccccc1)C(Cl)CC(Cl)C(=O)OC=Cc1ccccc1. The Labute approximate surface area is 168 Å². The molecular formula is C21H18Cl2O4. The molecule has 0 aromatic heterocycles. The summed E-state index contributed by atoms with van der Waals surface area (Å²) in [4.78, 5) is 23.7. The summed E-state index contributed by atoms with van der Waals surface area (Å²) in [6.45, 7) is 0. The van der Waals surface area contributed by atoms with E-state index < -0.39 is 22.7 Å². The average Bonchev–Trinajstić information content (AvgIpc) is 2.69. The number of hydrogen-bond donors (Lipinski definition) is 0. The Morgan fingerprint density at radius 2 is 1.11 bits per heavy atom. The van der Waals surface area contributed by atoms with E-state index >= 15 is 0 Å². The first-order valence-corrected chi connectivity index (χ1v) is 9.06. The summed E-state index contributed by atoms with van der Waals surface area (Å²) in [5, 5.41) is -2.14. The molecule has 2 aromatic rings. The monoisotopic (exact) mass is 404 g/mol. The summed E-state index contributed by atoms with van der Waals surface area (Å²) in [6.07, 6.45) is 5.64. The summed E-state index contributed by atoms with van der Waals surface area (Å²) in [7, 11) is 0. The van der Waals surface area contributed by atoms with E-state index in [9.17, 15) is 9.59 Å². The first-order valence-electron chi connectivity index (χ1n) is 8.18. The van der Waals surface area contributed by atoms with Crippen LogP contribution in [0.15, 0.2) is 73.2 Å².